The molecule has 0 spiro atoms. The van der Waals surface area contributed by atoms with Crippen LogP contribution in [0.25, 0.3) is 46.9 Å². The van der Waals surface area contributed by atoms with Gasteiger partial charge in [-0.25, -0.2) is 29.9 Å². The first-order valence-corrected chi connectivity index (χ1v) is 8.22. The Labute approximate surface area is 149 Å². The molecular formula is C16H9BrN8. The summed E-state index contributed by atoms with van der Waals surface area (Å²) in [4.78, 5) is 32.9. The van der Waals surface area contributed by atoms with Crippen LogP contribution in [0, 0.1) is 0 Å². The average Bonchev–Trinajstić information content (AvgIpc) is 3.33. The molecule has 9 heteroatoms. The topological polar surface area (TPSA) is 109 Å². The highest BCUT2D eigenvalue weighted by Crippen LogP contribution is 2.18. The minimum atomic E-state index is 0.547. The van der Waals surface area contributed by atoms with E-state index < -0.39 is 0 Å². The molecule has 0 fully saturated rings. The molecule has 3 aromatic rings. The third-order valence-corrected chi connectivity index (χ3v) is 4.15. The third-order valence-electron chi connectivity index (χ3n) is 3.54. The van der Waals surface area contributed by atoms with Gasteiger partial charge >= 0.3 is 0 Å². The third kappa shape index (κ3) is 2.74. The monoisotopic (exact) mass is 392 g/mol. The van der Waals surface area contributed by atoms with Gasteiger partial charge in [-0.15, -0.1) is 0 Å². The lowest BCUT2D eigenvalue weighted by molar-refractivity contribution is 1.07. The zero-order valence-corrected chi connectivity index (χ0v) is 14.2. The molecule has 0 saturated heterocycles. The van der Waals surface area contributed by atoms with Gasteiger partial charge in [-0.1, -0.05) is 0 Å². The van der Waals surface area contributed by atoms with Crippen LogP contribution in [-0.2, 0) is 0 Å². The van der Waals surface area contributed by atoms with Gasteiger partial charge in [0.15, 0.2) is 23.3 Å². The molecule has 0 saturated carbocycles. The Morgan fingerprint density at radius 3 is 1.84 bits per heavy atom. The van der Waals surface area contributed by atoms with Crippen LogP contribution in [0.2, 0.25) is 0 Å². The zero-order valence-electron chi connectivity index (χ0n) is 12.6. The minimum absolute atomic E-state index is 0.547. The molecule has 5 rings (SSSR count). The van der Waals surface area contributed by atoms with Crippen molar-refractivity contribution in [3.63, 3.8) is 0 Å². The van der Waals surface area contributed by atoms with E-state index in [1.54, 1.807) is 24.3 Å². The first-order chi connectivity index (χ1) is 12.2. The SMILES string of the molecule is Brc1cc2nc3ccc(nc4nc(nc5nc(nc1[nH]2)C=C5)C=C4)[nH]3. The molecule has 2 aliphatic heterocycles. The van der Waals surface area contributed by atoms with Crippen molar-refractivity contribution < 1.29 is 0 Å². The molecule has 120 valence electrons. The normalized spacial score (nSPS) is 12.7. The van der Waals surface area contributed by atoms with Gasteiger partial charge in [0.2, 0.25) is 0 Å². The van der Waals surface area contributed by atoms with Crippen molar-refractivity contribution in [1.29, 1.82) is 0 Å². The molecule has 2 aliphatic rings. The second kappa shape index (κ2) is 5.42. The van der Waals surface area contributed by atoms with Crippen LogP contribution in [0.15, 0.2) is 22.7 Å². The van der Waals surface area contributed by atoms with E-state index in [0.717, 1.165) is 4.47 Å². The van der Waals surface area contributed by atoms with Crippen LogP contribution in [0.3, 0.4) is 0 Å². The van der Waals surface area contributed by atoms with Gasteiger partial charge in [0.25, 0.3) is 0 Å². The zero-order chi connectivity index (χ0) is 16.8. The molecule has 0 radical (unpaired) electrons. The number of aromatic amines is 2. The molecule has 0 amide bonds. The standard InChI is InChI=1S/C16H9BrN8/c17-8-7-15-23-13-4-3-11(21-13)19-9-1-2-10(18-9)20-12-5-6-14(22-12)24-16(8)25-15/h1-7H,(H2,18,19,20,21,22,23,24,25). The van der Waals surface area contributed by atoms with Gasteiger partial charge in [-0.05, 0) is 58.4 Å². The number of hydrogen-bond acceptors (Lipinski definition) is 6. The first-order valence-electron chi connectivity index (χ1n) is 7.43. The molecule has 0 aliphatic carbocycles. The lowest BCUT2D eigenvalue weighted by atomic mass is 10.5. The molecule has 8 bridgehead atoms. The van der Waals surface area contributed by atoms with Crippen LogP contribution in [0.1, 0.15) is 23.3 Å². The molecule has 3 aromatic heterocycles. The van der Waals surface area contributed by atoms with E-state index in [9.17, 15) is 0 Å². The average molecular weight is 393 g/mol. The lowest BCUT2D eigenvalue weighted by Gasteiger charge is -1.85. The van der Waals surface area contributed by atoms with E-state index in [-0.39, 0.29) is 0 Å². The maximum Gasteiger partial charge on any atom is 0.156 e. The van der Waals surface area contributed by atoms with Crippen LogP contribution in [-0.4, -0.2) is 39.9 Å². The van der Waals surface area contributed by atoms with Crippen molar-refractivity contribution in [3.8, 4) is 0 Å². The van der Waals surface area contributed by atoms with Crippen molar-refractivity contribution in [2.45, 2.75) is 0 Å². The Bertz CT molecular complexity index is 1220. The summed E-state index contributed by atoms with van der Waals surface area (Å²) in [6.45, 7) is 0. The Kier molecular flexibility index (Phi) is 3.07. The van der Waals surface area contributed by atoms with E-state index in [4.69, 9.17) is 0 Å². The number of nitrogens with zero attached hydrogens (tertiary/aromatic N) is 6. The summed E-state index contributed by atoms with van der Waals surface area (Å²) in [7, 11) is 0. The highest BCUT2D eigenvalue weighted by Gasteiger charge is 2.06. The molecule has 2 N–H and O–H groups in total. The summed E-state index contributed by atoms with van der Waals surface area (Å²) in [6.07, 6.45) is 7.19. The number of hydrogen-bond donors (Lipinski definition) is 2. The maximum absolute atomic E-state index is 4.51. The van der Waals surface area contributed by atoms with Crippen LogP contribution >= 0.6 is 15.9 Å². The number of fused-ring (bicyclic) bond motifs is 8. The fraction of sp³-hybridized carbons (Fsp3) is 0. The van der Waals surface area contributed by atoms with Gasteiger partial charge in [0, 0.05) is 0 Å². The number of H-pyrrole nitrogens is 2. The number of nitrogens with one attached hydrogen (secondary N) is 2. The van der Waals surface area contributed by atoms with Crippen molar-refractivity contribution in [2.24, 2.45) is 0 Å². The van der Waals surface area contributed by atoms with Gasteiger partial charge < -0.3 is 9.97 Å². The van der Waals surface area contributed by atoms with Crippen molar-refractivity contribution in [2.75, 3.05) is 0 Å². The molecule has 5 heterocycles. The molecule has 8 nitrogen and oxygen atoms in total. The highest BCUT2D eigenvalue weighted by molar-refractivity contribution is 9.10. The van der Waals surface area contributed by atoms with Crippen molar-refractivity contribution in [1.82, 2.24) is 39.9 Å². The quantitative estimate of drug-likeness (QED) is 0.419. The van der Waals surface area contributed by atoms with E-state index >= 15 is 0 Å². The van der Waals surface area contributed by atoms with Gasteiger partial charge in [-0.3, -0.25) is 0 Å². The Morgan fingerprint density at radius 2 is 1.16 bits per heavy atom. The fourth-order valence-corrected chi connectivity index (χ4v) is 2.87. The smallest absolute Gasteiger partial charge is 0.156 e. The van der Waals surface area contributed by atoms with E-state index in [1.807, 2.05) is 18.2 Å². The predicted molar refractivity (Wildman–Crippen MR) is 97.7 cm³/mol. The fourth-order valence-electron chi connectivity index (χ4n) is 2.47. The summed E-state index contributed by atoms with van der Waals surface area (Å²) in [6, 6.07) is 5.55. The second-order valence-corrected chi connectivity index (χ2v) is 6.20. The summed E-state index contributed by atoms with van der Waals surface area (Å²) >= 11 is 3.48. The van der Waals surface area contributed by atoms with Crippen LogP contribution in [0.4, 0.5) is 0 Å². The molecular weight excluding hydrogens is 384 g/mol. The Balaban J connectivity index is 1.87. The Morgan fingerprint density at radius 1 is 0.600 bits per heavy atom. The molecule has 25 heavy (non-hydrogen) atoms. The molecule has 0 unspecified atom stereocenters. The largest absolute Gasteiger partial charge is 0.325 e. The highest BCUT2D eigenvalue weighted by atomic mass is 79.9. The minimum Gasteiger partial charge on any atom is -0.325 e. The summed E-state index contributed by atoms with van der Waals surface area (Å²) in [5.41, 5.74) is 2.65. The van der Waals surface area contributed by atoms with Crippen LogP contribution in [0.5, 0.6) is 0 Å². The van der Waals surface area contributed by atoms with Crippen molar-refractivity contribution in [3.05, 3.63) is 46.0 Å². The molecule has 0 aromatic carbocycles. The van der Waals surface area contributed by atoms with Gasteiger partial charge in [-0.2, -0.15) is 0 Å². The summed E-state index contributed by atoms with van der Waals surface area (Å²) in [5, 5.41) is 0. The van der Waals surface area contributed by atoms with E-state index in [0.29, 0.717) is 45.9 Å². The first kappa shape index (κ1) is 14.2. The Hall–Kier alpha value is -3.20. The van der Waals surface area contributed by atoms with Crippen molar-refractivity contribution >= 4 is 62.8 Å². The molecule has 0 atom stereocenters. The number of aromatic nitrogens is 8. The summed E-state index contributed by atoms with van der Waals surface area (Å²) < 4.78 is 0.801. The predicted octanol–water partition coefficient (Wildman–Crippen LogP) is 3.00. The van der Waals surface area contributed by atoms with Gasteiger partial charge in [0.05, 0.1) is 4.47 Å². The number of halogens is 1. The second-order valence-electron chi connectivity index (χ2n) is 5.35. The number of rotatable bonds is 0. The van der Waals surface area contributed by atoms with Crippen LogP contribution < -0.4 is 0 Å². The van der Waals surface area contributed by atoms with Gasteiger partial charge in [0.1, 0.15) is 22.6 Å². The summed E-state index contributed by atoms with van der Waals surface area (Å²) in [5.74, 6) is 2.22. The lowest BCUT2D eigenvalue weighted by Crippen LogP contribution is -1.87. The maximum atomic E-state index is 4.51. The van der Waals surface area contributed by atoms with E-state index in [2.05, 4.69) is 55.8 Å². The van der Waals surface area contributed by atoms with E-state index in [1.165, 1.54) is 0 Å².